The van der Waals surface area contributed by atoms with Gasteiger partial charge in [-0.2, -0.15) is 0 Å². The zero-order valence-corrected chi connectivity index (χ0v) is 7.95. The molecule has 1 aliphatic carbocycles. The predicted molar refractivity (Wildman–Crippen MR) is 50.6 cm³/mol. The van der Waals surface area contributed by atoms with Crippen molar-refractivity contribution >= 4 is 0 Å². The number of aromatic hydroxyl groups is 1. The van der Waals surface area contributed by atoms with Crippen LogP contribution in [0.1, 0.15) is 44.3 Å². The summed E-state index contributed by atoms with van der Waals surface area (Å²) in [5, 5.41) is 9.12. The molecule has 3 nitrogen and oxygen atoms in total. The van der Waals surface area contributed by atoms with Crippen LogP contribution < -0.4 is 0 Å². The highest BCUT2D eigenvalue weighted by molar-refractivity contribution is 5.10. The third-order valence-electron chi connectivity index (χ3n) is 3.09. The second-order valence-corrected chi connectivity index (χ2v) is 3.94. The lowest BCUT2D eigenvalue weighted by Crippen LogP contribution is -1.96. The minimum absolute atomic E-state index is 0.190. The number of nitrogens with one attached hydrogen (secondary N) is 1. The molecule has 1 fully saturated rings. The Morgan fingerprint density at radius 2 is 2.46 bits per heavy atom. The Labute approximate surface area is 78.2 Å². The summed E-state index contributed by atoms with van der Waals surface area (Å²) in [6, 6.07) is 0. The molecule has 0 bridgehead atoms. The number of H-pyrrole nitrogens is 1. The normalized spacial score (nSPS) is 28.1. The first-order chi connectivity index (χ1) is 6.29. The lowest BCUT2D eigenvalue weighted by molar-refractivity contribution is 0.453. The molecule has 1 heterocycles. The Bertz CT molecular complexity index is 282. The number of nitrogens with zero attached hydrogens (tertiary/aromatic N) is 1. The van der Waals surface area contributed by atoms with Gasteiger partial charge in [-0.05, 0) is 25.2 Å². The van der Waals surface area contributed by atoms with Crippen molar-refractivity contribution in [3.8, 4) is 5.88 Å². The molecule has 2 N–H and O–H groups in total. The number of imidazole rings is 1. The standard InChI is InChI=1S/C10H16N2O/c1-2-7-3-4-8(5-7)10-11-6-9(13)12-10/h6-8,13H,2-5H2,1H3,(H,11,12). The summed E-state index contributed by atoms with van der Waals surface area (Å²) < 4.78 is 0. The van der Waals surface area contributed by atoms with Crippen molar-refractivity contribution in [3.05, 3.63) is 12.0 Å². The van der Waals surface area contributed by atoms with Crippen molar-refractivity contribution in [3.63, 3.8) is 0 Å². The molecule has 0 spiro atoms. The van der Waals surface area contributed by atoms with Crippen LogP contribution in [0.15, 0.2) is 6.20 Å². The molecule has 1 aromatic heterocycles. The largest absolute Gasteiger partial charge is 0.493 e. The number of hydrogen-bond donors (Lipinski definition) is 2. The van der Waals surface area contributed by atoms with Gasteiger partial charge in [-0.15, -0.1) is 0 Å². The van der Waals surface area contributed by atoms with E-state index in [1.165, 1.54) is 31.9 Å². The molecule has 1 aliphatic rings. The fraction of sp³-hybridized carbons (Fsp3) is 0.700. The number of aromatic nitrogens is 2. The van der Waals surface area contributed by atoms with Crippen molar-refractivity contribution in [2.75, 3.05) is 0 Å². The minimum atomic E-state index is 0.190. The van der Waals surface area contributed by atoms with Gasteiger partial charge in [0, 0.05) is 5.92 Å². The maximum atomic E-state index is 9.12. The Morgan fingerprint density at radius 1 is 1.62 bits per heavy atom. The third kappa shape index (κ3) is 1.69. The molecule has 0 aromatic carbocycles. The molecule has 13 heavy (non-hydrogen) atoms. The molecular formula is C10H16N2O. The van der Waals surface area contributed by atoms with E-state index in [2.05, 4.69) is 16.9 Å². The van der Waals surface area contributed by atoms with Crippen LogP contribution in [0.2, 0.25) is 0 Å². The van der Waals surface area contributed by atoms with E-state index in [-0.39, 0.29) is 5.88 Å². The van der Waals surface area contributed by atoms with Crippen molar-refractivity contribution in [2.45, 2.75) is 38.5 Å². The summed E-state index contributed by atoms with van der Waals surface area (Å²) in [5.41, 5.74) is 0. The van der Waals surface area contributed by atoms with E-state index in [0.717, 1.165) is 11.7 Å². The van der Waals surface area contributed by atoms with Crippen LogP contribution in [-0.2, 0) is 0 Å². The SMILES string of the molecule is CCC1CCC(c2ncc(O)[nH]2)C1. The van der Waals surface area contributed by atoms with E-state index in [9.17, 15) is 0 Å². The van der Waals surface area contributed by atoms with Gasteiger partial charge in [-0.25, -0.2) is 4.98 Å². The number of rotatable bonds is 2. The van der Waals surface area contributed by atoms with Crippen molar-refractivity contribution in [1.29, 1.82) is 0 Å². The van der Waals surface area contributed by atoms with Gasteiger partial charge in [-0.1, -0.05) is 13.3 Å². The first-order valence-electron chi connectivity index (χ1n) is 5.03. The van der Waals surface area contributed by atoms with Crippen LogP contribution >= 0.6 is 0 Å². The zero-order chi connectivity index (χ0) is 9.26. The van der Waals surface area contributed by atoms with Gasteiger partial charge in [0.25, 0.3) is 0 Å². The van der Waals surface area contributed by atoms with Crippen LogP contribution in [-0.4, -0.2) is 15.1 Å². The molecule has 0 saturated heterocycles. The second kappa shape index (κ2) is 3.40. The molecule has 3 heteroatoms. The lowest BCUT2D eigenvalue weighted by Gasteiger charge is -2.06. The van der Waals surface area contributed by atoms with E-state index in [1.807, 2.05) is 0 Å². The van der Waals surface area contributed by atoms with E-state index in [4.69, 9.17) is 5.11 Å². The zero-order valence-electron chi connectivity index (χ0n) is 7.95. The summed E-state index contributed by atoms with van der Waals surface area (Å²) in [6.45, 7) is 2.24. The summed E-state index contributed by atoms with van der Waals surface area (Å²) in [6.07, 6.45) is 6.51. The molecule has 2 rings (SSSR count). The Balaban J connectivity index is 2.03. The van der Waals surface area contributed by atoms with Gasteiger partial charge < -0.3 is 10.1 Å². The maximum Gasteiger partial charge on any atom is 0.208 e. The van der Waals surface area contributed by atoms with Crippen molar-refractivity contribution in [2.24, 2.45) is 5.92 Å². The molecule has 2 unspecified atom stereocenters. The summed E-state index contributed by atoms with van der Waals surface area (Å²) in [4.78, 5) is 7.07. The lowest BCUT2D eigenvalue weighted by atomic mass is 10.0. The first kappa shape index (κ1) is 8.60. The average Bonchev–Trinajstić information content (AvgIpc) is 2.71. The van der Waals surface area contributed by atoms with E-state index in [0.29, 0.717) is 5.92 Å². The first-order valence-corrected chi connectivity index (χ1v) is 5.03. The van der Waals surface area contributed by atoms with E-state index >= 15 is 0 Å². The Morgan fingerprint density at radius 3 is 3.00 bits per heavy atom. The van der Waals surface area contributed by atoms with Gasteiger partial charge in [0.1, 0.15) is 5.82 Å². The highest BCUT2D eigenvalue weighted by Crippen LogP contribution is 2.38. The Hall–Kier alpha value is -0.990. The van der Waals surface area contributed by atoms with Crippen LogP contribution in [0.25, 0.3) is 0 Å². The Kier molecular flexibility index (Phi) is 2.25. The third-order valence-corrected chi connectivity index (χ3v) is 3.09. The number of aromatic amines is 1. The van der Waals surface area contributed by atoms with Crippen LogP contribution in [0.5, 0.6) is 5.88 Å². The van der Waals surface area contributed by atoms with Crippen LogP contribution in [0.3, 0.4) is 0 Å². The van der Waals surface area contributed by atoms with Crippen LogP contribution in [0.4, 0.5) is 0 Å². The monoisotopic (exact) mass is 180 g/mol. The topological polar surface area (TPSA) is 48.9 Å². The maximum absolute atomic E-state index is 9.12. The van der Waals surface area contributed by atoms with Gasteiger partial charge in [0.2, 0.25) is 5.88 Å². The molecule has 72 valence electrons. The van der Waals surface area contributed by atoms with Gasteiger partial charge in [-0.3, -0.25) is 0 Å². The van der Waals surface area contributed by atoms with Gasteiger partial charge in [0.05, 0.1) is 6.20 Å². The predicted octanol–water partition coefficient (Wildman–Crippen LogP) is 2.41. The minimum Gasteiger partial charge on any atom is -0.493 e. The van der Waals surface area contributed by atoms with Crippen LogP contribution in [0, 0.1) is 5.92 Å². The van der Waals surface area contributed by atoms with E-state index < -0.39 is 0 Å². The van der Waals surface area contributed by atoms with Crippen molar-refractivity contribution < 1.29 is 5.11 Å². The van der Waals surface area contributed by atoms with Gasteiger partial charge in [0.15, 0.2) is 0 Å². The molecule has 1 saturated carbocycles. The van der Waals surface area contributed by atoms with Gasteiger partial charge >= 0.3 is 0 Å². The molecular weight excluding hydrogens is 164 g/mol. The quantitative estimate of drug-likeness (QED) is 0.734. The fourth-order valence-corrected chi connectivity index (χ4v) is 2.23. The van der Waals surface area contributed by atoms with E-state index in [1.54, 1.807) is 0 Å². The number of hydrogen-bond acceptors (Lipinski definition) is 2. The van der Waals surface area contributed by atoms with Crippen molar-refractivity contribution in [1.82, 2.24) is 9.97 Å². The molecule has 0 amide bonds. The smallest absolute Gasteiger partial charge is 0.208 e. The fourth-order valence-electron chi connectivity index (χ4n) is 2.23. The summed E-state index contributed by atoms with van der Waals surface area (Å²) in [5.74, 6) is 2.56. The average molecular weight is 180 g/mol. The second-order valence-electron chi connectivity index (χ2n) is 3.94. The highest BCUT2D eigenvalue weighted by atomic mass is 16.3. The molecule has 2 atom stereocenters. The molecule has 0 aliphatic heterocycles. The molecule has 1 aromatic rings. The highest BCUT2D eigenvalue weighted by Gasteiger charge is 2.26. The summed E-state index contributed by atoms with van der Waals surface area (Å²) in [7, 11) is 0. The summed E-state index contributed by atoms with van der Waals surface area (Å²) >= 11 is 0. The molecule has 0 radical (unpaired) electrons.